The molecule has 0 unspecified atom stereocenters. The molecule has 0 radical (unpaired) electrons. The minimum Gasteiger partial charge on any atom is -0.291 e. The van der Waals surface area contributed by atoms with Gasteiger partial charge < -0.3 is 0 Å². The summed E-state index contributed by atoms with van der Waals surface area (Å²) in [6.07, 6.45) is 0. The summed E-state index contributed by atoms with van der Waals surface area (Å²) < 4.78 is 2.51. The number of aryl methyl sites for hydroxylation is 6. The molecule has 0 atom stereocenters. The van der Waals surface area contributed by atoms with Crippen molar-refractivity contribution in [1.82, 2.24) is 9.38 Å². The summed E-state index contributed by atoms with van der Waals surface area (Å²) in [6.45, 7) is 27.3. The van der Waals surface area contributed by atoms with E-state index in [1.54, 1.807) is 0 Å². The first-order valence-electron chi connectivity index (χ1n) is 12.1. The molecule has 0 bridgehead atoms. The van der Waals surface area contributed by atoms with Gasteiger partial charge in [-0.15, -0.1) is 0 Å². The Labute approximate surface area is 197 Å². The number of fused-ring (bicyclic) bond motifs is 8. The summed E-state index contributed by atoms with van der Waals surface area (Å²) in [5, 5.41) is 4.11. The van der Waals surface area contributed by atoms with Gasteiger partial charge in [-0.25, -0.2) is 4.98 Å². The van der Waals surface area contributed by atoms with Crippen molar-refractivity contribution >= 4 is 38.4 Å². The van der Waals surface area contributed by atoms with Crippen molar-refractivity contribution in [2.45, 2.75) is 83.1 Å². The molecular formula is C31H36N2. The van der Waals surface area contributed by atoms with Crippen LogP contribution in [0.25, 0.3) is 38.4 Å². The number of hydrogen-bond acceptors (Lipinski definition) is 1. The van der Waals surface area contributed by atoms with Gasteiger partial charge >= 0.3 is 0 Å². The summed E-state index contributed by atoms with van der Waals surface area (Å²) in [5.74, 6) is 0. The lowest BCUT2D eigenvalue weighted by molar-refractivity contribution is 1.19. The van der Waals surface area contributed by atoms with Crippen molar-refractivity contribution in [3.63, 3.8) is 0 Å². The van der Waals surface area contributed by atoms with Gasteiger partial charge in [-0.2, -0.15) is 0 Å². The minimum atomic E-state index is 1.11. The van der Waals surface area contributed by atoms with Gasteiger partial charge in [0.15, 0.2) is 0 Å². The number of benzene rings is 3. The van der Waals surface area contributed by atoms with Crippen LogP contribution in [0.3, 0.4) is 0 Å². The Morgan fingerprint density at radius 2 is 0.758 bits per heavy atom. The maximum atomic E-state index is 5.41. The number of pyridine rings is 1. The van der Waals surface area contributed by atoms with E-state index >= 15 is 0 Å². The molecule has 0 saturated heterocycles. The standard InChI is InChI=1S/C31H36N2/c1-13-14(2)21(9)27-25(19(13)7)26-20(8)15(3)17(5)23(11)29(26)33-30-24(12)18(6)16(4)22(10)28(30)32-31(27)33/h1-12H3. The molecule has 0 saturated carbocycles. The SMILES string of the molecule is Cc1c(C)c(C)c2c(nc3c4c(C)c(C)c(C)c(C)c4c4c(C)c(C)c(C)c(C)c4n32)c1C. The smallest absolute Gasteiger partial charge is 0.146 e. The third-order valence-corrected chi connectivity index (χ3v) is 9.31. The first-order valence-corrected chi connectivity index (χ1v) is 12.1. The van der Waals surface area contributed by atoms with Crippen LogP contribution in [-0.2, 0) is 0 Å². The van der Waals surface area contributed by atoms with Gasteiger partial charge in [0.2, 0.25) is 0 Å². The predicted octanol–water partition coefficient (Wildman–Crippen LogP) is 8.49. The molecule has 0 spiro atoms. The van der Waals surface area contributed by atoms with Crippen molar-refractivity contribution in [3.05, 3.63) is 66.8 Å². The van der Waals surface area contributed by atoms with E-state index in [1.165, 1.54) is 94.0 Å². The second kappa shape index (κ2) is 6.82. The fourth-order valence-corrected chi connectivity index (χ4v) is 6.11. The highest BCUT2D eigenvalue weighted by molar-refractivity contribution is 6.19. The molecule has 3 aromatic carbocycles. The maximum Gasteiger partial charge on any atom is 0.146 e. The minimum absolute atomic E-state index is 1.11. The van der Waals surface area contributed by atoms with Crippen LogP contribution in [0, 0.1) is 83.1 Å². The molecule has 0 N–H and O–H groups in total. The molecule has 2 heteroatoms. The fourth-order valence-electron chi connectivity index (χ4n) is 6.11. The molecule has 0 fully saturated rings. The number of aromatic nitrogens is 2. The summed E-state index contributed by atoms with van der Waals surface area (Å²) in [7, 11) is 0. The molecule has 0 aliphatic carbocycles. The summed E-state index contributed by atoms with van der Waals surface area (Å²) in [6, 6.07) is 0. The Kier molecular flexibility index (Phi) is 4.54. The topological polar surface area (TPSA) is 17.3 Å². The van der Waals surface area contributed by atoms with Crippen LogP contribution in [0.4, 0.5) is 0 Å². The molecule has 170 valence electrons. The van der Waals surface area contributed by atoms with Gasteiger partial charge in [0, 0.05) is 10.8 Å². The second-order valence-electron chi connectivity index (χ2n) is 10.4. The van der Waals surface area contributed by atoms with Crippen molar-refractivity contribution in [3.8, 4) is 0 Å². The number of rotatable bonds is 0. The van der Waals surface area contributed by atoms with Gasteiger partial charge in [0.1, 0.15) is 5.65 Å². The Hall–Kier alpha value is -2.87. The van der Waals surface area contributed by atoms with E-state index in [1.807, 2.05) is 0 Å². The lowest BCUT2D eigenvalue weighted by atomic mass is 9.86. The van der Waals surface area contributed by atoms with E-state index < -0.39 is 0 Å². The highest BCUT2D eigenvalue weighted by atomic mass is 15.0. The van der Waals surface area contributed by atoms with E-state index in [2.05, 4.69) is 87.5 Å². The number of hydrogen-bond donors (Lipinski definition) is 0. The van der Waals surface area contributed by atoms with Crippen LogP contribution in [-0.4, -0.2) is 9.38 Å². The van der Waals surface area contributed by atoms with E-state index in [-0.39, 0.29) is 0 Å². The van der Waals surface area contributed by atoms with E-state index in [4.69, 9.17) is 4.98 Å². The fraction of sp³-hybridized carbons (Fsp3) is 0.387. The van der Waals surface area contributed by atoms with Crippen molar-refractivity contribution in [1.29, 1.82) is 0 Å². The largest absolute Gasteiger partial charge is 0.291 e. The zero-order valence-electron chi connectivity index (χ0n) is 22.4. The first kappa shape index (κ1) is 21.9. The number of imidazole rings is 1. The van der Waals surface area contributed by atoms with Gasteiger partial charge in [-0.1, -0.05) is 0 Å². The molecule has 2 heterocycles. The summed E-state index contributed by atoms with van der Waals surface area (Å²) in [4.78, 5) is 5.41. The quantitative estimate of drug-likeness (QED) is 0.222. The van der Waals surface area contributed by atoms with E-state index in [0.717, 1.165) is 11.2 Å². The predicted molar refractivity (Wildman–Crippen MR) is 145 cm³/mol. The Morgan fingerprint density at radius 3 is 1.30 bits per heavy atom. The highest BCUT2D eigenvalue weighted by Gasteiger charge is 2.25. The normalized spacial score (nSPS) is 12.2. The highest BCUT2D eigenvalue weighted by Crippen LogP contribution is 2.43. The first-order chi connectivity index (χ1) is 15.4. The van der Waals surface area contributed by atoms with Crippen LogP contribution in [0.15, 0.2) is 0 Å². The average molecular weight is 437 g/mol. The molecule has 33 heavy (non-hydrogen) atoms. The van der Waals surface area contributed by atoms with Crippen LogP contribution < -0.4 is 0 Å². The zero-order chi connectivity index (χ0) is 24.3. The Bertz CT molecular complexity index is 1710. The van der Waals surface area contributed by atoms with Crippen molar-refractivity contribution in [2.24, 2.45) is 0 Å². The van der Waals surface area contributed by atoms with E-state index in [9.17, 15) is 0 Å². The van der Waals surface area contributed by atoms with Gasteiger partial charge in [0.05, 0.1) is 16.6 Å². The van der Waals surface area contributed by atoms with Crippen LogP contribution in [0.5, 0.6) is 0 Å². The molecule has 2 aromatic heterocycles. The van der Waals surface area contributed by atoms with Crippen molar-refractivity contribution < 1.29 is 0 Å². The van der Waals surface area contributed by atoms with E-state index in [0.29, 0.717) is 0 Å². The molecule has 5 rings (SSSR count). The molecule has 5 aromatic rings. The van der Waals surface area contributed by atoms with Crippen LogP contribution in [0.1, 0.15) is 66.8 Å². The molecule has 0 aliphatic rings. The lowest BCUT2D eigenvalue weighted by Gasteiger charge is -2.22. The lowest BCUT2D eigenvalue weighted by Crippen LogP contribution is -2.05. The third-order valence-electron chi connectivity index (χ3n) is 9.31. The van der Waals surface area contributed by atoms with Crippen molar-refractivity contribution in [2.75, 3.05) is 0 Å². The van der Waals surface area contributed by atoms with Crippen LogP contribution in [0.2, 0.25) is 0 Å². The van der Waals surface area contributed by atoms with Gasteiger partial charge in [0.25, 0.3) is 0 Å². The summed E-state index contributed by atoms with van der Waals surface area (Å²) in [5.41, 5.74) is 21.3. The number of nitrogens with zero attached hydrogens (tertiary/aromatic N) is 2. The molecular weight excluding hydrogens is 400 g/mol. The zero-order valence-corrected chi connectivity index (χ0v) is 22.4. The van der Waals surface area contributed by atoms with Crippen LogP contribution >= 0.6 is 0 Å². The second-order valence-corrected chi connectivity index (χ2v) is 10.4. The molecule has 0 aliphatic heterocycles. The Balaban J connectivity index is 2.36. The molecule has 2 nitrogen and oxygen atoms in total. The maximum absolute atomic E-state index is 5.41. The van der Waals surface area contributed by atoms with Gasteiger partial charge in [-0.3, -0.25) is 4.40 Å². The summed E-state index contributed by atoms with van der Waals surface area (Å²) >= 11 is 0. The monoisotopic (exact) mass is 436 g/mol. The average Bonchev–Trinajstić information content (AvgIpc) is 3.19. The van der Waals surface area contributed by atoms with Gasteiger partial charge in [-0.05, 0) is 155 Å². The Morgan fingerprint density at radius 1 is 0.364 bits per heavy atom. The third kappa shape index (κ3) is 2.47. The molecule has 0 amide bonds.